The third kappa shape index (κ3) is 4.13. The maximum absolute atomic E-state index is 13.3. The molecule has 1 aromatic carbocycles. The molecular formula is C24H31NO5. The Morgan fingerprint density at radius 3 is 2.47 bits per heavy atom. The highest BCUT2D eigenvalue weighted by atomic mass is 16.5. The number of allylic oxidation sites excluding steroid dienone is 2. The van der Waals surface area contributed by atoms with Gasteiger partial charge < -0.3 is 14.2 Å². The Bertz CT molecular complexity index is 926. The number of carbonyl (C=O) groups is 2. The van der Waals surface area contributed by atoms with Crippen molar-refractivity contribution in [1.82, 2.24) is 0 Å². The molecule has 1 aliphatic carbocycles. The number of hydrogen-bond donors (Lipinski definition) is 0. The molecule has 162 valence electrons. The van der Waals surface area contributed by atoms with Gasteiger partial charge in [-0.15, -0.1) is 0 Å². The molecule has 0 amide bonds. The first-order valence-electron chi connectivity index (χ1n) is 10.3. The molecule has 0 bridgehead atoms. The highest BCUT2D eigenvalue weighted by molar-refractivity contribution is 6.09. The number of nitrogens with zero attached hydrogens (tertiary/aromatic N) is 1. The van der Waals surface area contributed by atoms with Gasteiger partial charge in [0.25, 0.3) is 0 Å². The quantitative estimate of drug-likeness (QED) is 0.666. The minimum absolute atomic E-state index is 0.0229. The van der Waals surface area contributed by atoms with Gasteiger partial charge in [-0.25, -0.2) is 0 Å². The first-order chi connectivity index (χ1) is 14.1. The highest BCUT2D eigenvalue weighted by Gasteiger charge is 2.47. The van der Waals surface area contributed by atoms with Gasteiger partial charge in [-0.2, -0.15) is 0 Å². The lowest BCUT2D eigenvalue weighted by molar-refractivity contribution is -0.150. The van der Waals surface area contributed by atoms with E-state index in [1.807, 2.05) is 26.8 Å². The Morgan fingerprint density at radius 1 is 1.17 bits per heavy atom. The van der Waals surface area contributed by atoms with E-state index in [9.17, 15) is 9.59 Å². The molecule has 1 unspecified atom stereocenters. The molecule has 0 fully saturated rings. The molecule has 0 spiro atoms. The average Bonchev–Trinajstić information content (AvgIpc) is 2.64. The number of hydrogen-bond acceptors (Lipinski definition) is 6. The average molecular weight is 414 g/mol. The summed E-state index contributed by atoms with van der Waals surface area (Å²) in [5.74, 6) is -0.357. The van der Waals surface area contributed by atoms with E-state index in [2.05, 4.69) is 13.8 Å². The predicted molar refractivity (Wildman–Crippen MR) is 115 cm³/mol. The molecule has 6 nitrogen and oxygen atoms in total. The molecule has 30 heavy (non-hydrogen) atoms. The molecule has 1 aliphatic heterocycles. The smallest absolute Gasteiger partial charge is 0.315 e. The summed E-state index contributed by atoms with van der Waals surface area (Å²) in [6, 6.07) is 5.45. The van der Waals surface area contributed by atoms with Crippen LogP contribution in [0.15, 0.2) is 34.5 Å². The first kappa shape index (κ1) is 22.1. The summed E-state index contributed by atoms with van der Waals surface area (Å²) < 4.78 is 16.6. The van der Waals surface area contributed by atoms with Crippen LogP contribution in [0.1, 0.15) is 58.9 Å². The van der Waals surface area contributed by atoms with Crippen molar-refractivity contribution in [3.8, 4) is 11.5 Å². The zero-order chi connectivity index (χ0) is 22.2. The van der Waals surface area contributed by atoms with Crippen molar-refractivity contribution in [3.05, 3.63) is 35.0 Å². The summed E-state index contributed by atoms with van der Waals surface area (Å²) >= 11 is 0. The van der Waals surface area contributed by atoms with Gasteiger partial charge >= 0.3 is 5.97 Å². The van der Waals surface area contributed by atoms with Gasteiger partial charge in [0.05, 0.1) is 20.3 Å². The van der Waals surface area contributed by atoms with E-state index in [1.54, 1.807) is 26.4 Å². The second-order valence-corrected chi connectivity index (χ2v) is 9.10. The molecule has 2 aliphatic rings. The van der Waals surface area contributed by atoms with Crippen molar-refractivity contribution in [1.29, 1.82) is 0 Å². The summed E-state index contributed by atoms with van der Waals surface area (Å²) in [7, 11) is 3.17. The van der Waals surface area contributed by atoms with Gasteiger partial charge in [0.1, 0.15) is 17.4 Å². The molecule has 0 radical (unpaired) electrons. The van der Waals surface area contributed by atoms with Crippen LogP contribution in [0.25, 0.3) is 0 Å². The summed E-state index contributed by atoms with van der Waals surface area (Å²) in [6.45, 7) is 9.60. The summed E-state index contributed by atoms with van der Waals surface area (Å²) in [5, 5.41) is 0. The van der Waals surface area contributed by atoms with Crippen molar-refractivity contribution in [2.24, 2.45) is 16.3 Å². The van der Waals surface area contributed by atoms with Crippen LogP contribution >= 0.6 is 0 Å². The van der Waals surface area contributed by atoms with Crippen LogP contribution in [-0.2, 0) is 14.3 Å². The number of rotatable bonds is 5. The largest absolute Gasteiger partial charge is 0.497 e. The fourth-order valence-electron chi connectivity index (χ4n) is 4.47. The van der Waals surface area contributed by atoms with E-state index in [4.69, 9.17) is 19.2 Å². The SMILES string of the molecule is COc1ccc(OC)c([C@@H]2C3=C(CC(C)(C)CC3=O)N=C(C)C2C(=O)OC(C)C)c1. The number of Topliss-reactive ketones (excluding diaryl/α,β-unsaturated/α-hetero) is 1. The second-order valence-electron chi connectivity index (χ2n) is 9.10. The molecular weight excluding hydrogens is 382 g/mol. The number of benzene rings is 1. The minimum Gasteiger partial charge on any atom is -0.497 e. The van der Waals surface area contributed by atoms with Gasteiger partial charge in [0.2, 0.25) is 0 Å². The van der Waals surface area contributed by atoms with E-state index < -0.39 is 11.8 Å². The number of ether oxygens (including phenoxy) is 3. The number of aliphatic imine (C=N–C) groups is 1. The Hall–Kier alpha value is -2.63. The number of methoxy groups -OCH3 is 2. The van der Waals surface area contributed by atoms with Crippen LogP contribution in [-0.4, -0.2) is 37.8 Å². The van der Waals surface area contributed by atoms with E-state index in [0.717, 1.165) is 11.3 Å². The van der Waals surface area contributed by atoms with Gasteiger partial charge in [-0.1, -0.05) is 13.8 Å². The predicted octanol–water partition coefficient (Wildman–Crippen LogP) is 4.47. The lowest BCUT2D eigenvalue weighted by Crippen LogP contribution is -2.40. The van der Waals surface area contributed by atoms with Crippen LogP contribution in [0.4, 0.5) is 0 Å². The Morgan fingerprint density at radius 2 is 1.87 bits per heavy atom. The van der Waals surface area contributed by atoms with Crippen molar-refractivity contribution in [2.45, 2.75) is 59.5 Å². The van der Waals surface area contributed by atoms with Crippen molar-refractivity contribution in [3.63, 3.8) is 0 Å². The van der Waals surface area contributed by atoms with E-state index in [-0.39, 0.29) is 23.3 Å². The van der Waals surface area contributed by atoms with E-state index >= 15 is 0 Å². The van der Waals surface area contributed by atoms with Crippen LogP contribution in [0.3, 0.4) is 0 Å². The number of ketones is 1. The zero-order valence-electron chi connectivity index (χ0n) is 18.9. The van der Waals surface area contributed by atoms with Gasteiger partial charge in [0.15, 0.2) is 5.78 Å². The van der Waals surface area contributed by atoms with Crippen molar-refractivity contribution in [2.75, 3.05) is 14.2 Å². The molecule has 0 saturated carbocycles. The zero-order valence-corrected chi connectivity index (χ0v) is 18.9. The third-order valence-electron chi connectivity index (χ3n) is 5.68. The topological polar surface area (TPSA) is 74.2 Å². The molecule has 3 rings (SSSR count). The highest BCUT2D eigenvalue weighted by Crippen LogP contribution is 2.50. The van der Waals surface area contributed by atoms with Crippen molar-refractivity contribution >= 4 is 17.5 Å². The van der Waals surface area contributed by atoms with Gasteiger partial charge in [-0.3, -0.25) is 14.6 Å². The van der Waals surface area contributed by atoms with Gasteiger partial charge in [-0.05, 0) is 50.8 Å². The third-order valence-corrected chi connectivity index (χ3v) is 5.68. The number of carbonyl (C=O) groups excluding carboxylic acids is 2. The maximum atomic E-state index is 13.3. The Balaban J connectivity index is 2.24. The molecule has 0 saturated heterocycles. The minimum atomic E-state index is -0.697. The summed E-state index contributed by atoms with van der Waals surface area (Å²) in [6.07, 6.45) is 0.824. The standard InChI is InChI=1S/C24H31NO5/c1-13(2)30-23(27)20-14(3)25-17-11-24(4,5)12-18(26)22(17)21(20)16-10-15(28-6)8-9-19(16)29-7/h8-10,13,20-21H,11-12H2,1-7H3/t20?,21-/m0/s1. The van der Waals surface area contributed by atoms with Crippen LogP contribution < -0.4 is 9.47 Å². The molecule has 0 aromatic heterocycles. The summed E-state index contributed by atoms with van der Waals surface area (Å²) in [4.78, 5) is 31.2. The molecule has 0 N–H and O–H groups in total. The Labute approximate surface area is 178 Å². The number of esters is 1. The van der Waals surface area contributed by atoms with E-state index in [0.29, 0.717) is 35.6 Å². The lowest BCUT2D eigenvalue weighted by atomic mass is 9.66. The van der Waals surface area contributed by atoms with Gasteiger partial charge in [0, 0.05) is 34.9 Å². The fourth-order valence-corrected chi connectivity index (χ4v) is 4.47. The second kappa shape index (κ2) is 8.25. The normalized spacial score (nSPS) is 23.1. The molecule has 1 heterocycles. The lowest BCUT2D eigenvalue weighted by Gasteiger charge is -2.39. The monoisotopic (exact) mass is 413 g/mol. The maximum Gasteiger partial charge on any atom is 0.315 e. The van der Waals surface area contributed by atoms with Crippen LogP contribution in [0.2, 0.25) is 0 Å². The Kier molecular flexibility index (Phi) is 6.06. The molecule has 6 heteroatoms. The molecule has 2 atom stereocenters. The van der Waals surface area contributed by atoms with Crippen LogP contribution in [0, 0.1) is 11.3 Å². The van der Waals surface area contributed by atoms with E-state index in [1.165, 1.54) is 0 Å². The van der Waals surface area contributed by atoms with Crippen LogP contribution in [0.5, 0.6) is 11.5 Å². The molecule has 1 aromatic rings. The summed E-state index contributed by atoms with van der Waals surface area (Å²) in [5.41, 5.74) is 2.57. The first-order valence-corrected chi connectivity index (χ1v) is 10.3. The fraction of sp³-hybridized carbons (Fsp3) is 0.542. The van der Waals surface area contributed by atoms with Crippen molar-refractivity contribution < 1.29 is 23.8 Å².